The summed E-state index contributed by atoms with van der Waals surface area (Å²) in [5, 5.41) is 0. The Hall–Kier alpha value is 0.220. The van der Waals surface area contributed by atoms with Gasteiger partial charge in [-0.1, -0.05) is 0 Å². The van der Waals surface area contributed by atoms with Gasteiger partial charge in [-0.3, -0.25) is 18.9 Å². The summed E-state index contributed by atoms with van der Waals surface area (Å²) < 4.78 is 21.9. The number of anilines is 1. The topological polar surface area (TPSA) is 166 Å². The van der Waals surface area contributed by atoms with Gasteiger partial charge in [-0.15, -0.1) is 0 Å². The molecule has 0 fully saturated rings. The van der Waals surface area contributed by atoms with Crippen molar-refractivity contribution < 1.29 is 82.9 Å². The van der Waals surface area contributed by atoms with Crippen molar-refractivity contribution >= 4 is 24.7 Å². The molecule has 1 unspecified atom stereocenters. The molecule has 1 atom stereocenters. The molecule has 0 saturated heterocycles. The van der Waals surface area contributed by atoms with E-state index in [1.54, 1.807) is 0 Å². The number of rotatable bonds is 5. The monoisotopic (exact) mass is 351 g/mol. The van der Waals surface area contributed by atoms with Crippen molar-refractivity contribution in [2.45, 2.75) is 6.41 Å². The molecule has 0 aromatic carbocycles. The van der Waals surface area contributed by atoms with E-state index in [1.807, 2.05) is 0 Å². The summed E-state index contributed by atoms with van der Waals surface area (Å²) in [7, 11) is -3.11. The molecule has 0 amide bonds. The third-order valence-corrected chi connectivity index (χ3v) is 2.75. The Morgan fingerprint density at radius 3 is 2.68 bits per heavy atom. The number of H-pyrrole nitrogens is 1. The average molecular weight is 351 g/mol. The Kier molecular flexibility index (Phi) is 8.99. The SMILES string of the molecule is COC(OCP(=O)(O)O)n1cnc2c(=O)[nH]c(N)nc21.[Na+].[Na+]. The number of hydrogen-bond donors (Lipinski definition) is 4. The molecule has 0 aliphatic heterocycles. The summed E-state index contributed by atoms with van der Waals surface area (Å²) in [6.07, 6.45) is -0.870. The number of ether oxygens (including phenoxy) is 2. The van der Waals surface area contributed by atoms with Crippen molar-refractivity contribution in [3.8, 4) is 0 Å². The molecule has 0 saturated carbocycles. The zero-order chi connectivity index (χ0) is 14.9. The molecule has 2 aromatic heterocycles. The van der Waals surface area contributed by atoms with Crippen LogP contribution in [0.15, 0.2) is 11.1 Å². The number of nitrogens with zero attached hydrogens (tertiary/aromatic N) is 3. The van der Waals surface area contributed by atoms with Crippen LogP contribution in [0.2, 0.25) is 0 Å². The van der Waals surface area contributed by atoms with Crippen LogP contribution in [0.3, 0.4) is 0 Å². The number of fused-ring (bicyclic) bond motifs is 1. The number of hydrogen-bond acceptors (Lipinski definition) is 7. The van der Waals surface area contributed by atoms with Crippen LogP contribution in [0.25, 0.3) is 11.2 Å². The Morgan fingerprint density at radius 1 is 1.50 bits per heavy atom. The molecular weight excluding hydrogens is 339 g/mol. The second-order valence-corrected chi connectivity index (χ2v) is 5.37. The molecule has 0 aliphatic rings. The summed E-state index contributed by atoms with van der Waals surface area (Å²) >= 11 is 0. The first-order valence-corrected chi connectivity index (χ1v) is 7.03. The zero-order valence-corrected chi connectivity index (χ0v) is 17.1. The molecule has 2 aromatic rings. The van der Waals surface area contributed by atoms with E-state index in [2.05, 4.69) is 15.0 Å². The van der Waals surface area contributed by atoms with Gasteiger partial charge in [-0.25, -0.2) is 4.98 Å². The van der Waals surface area contributed by atoms with Crippen molar-refractivity contribution in [2.24, 2.45) is 0 Å². The van der Waals surface area contributed by atoms with Gasteiger partial charge < -0.3 is 25.0 Å². The maximum Gasteiger partial charge on any atom is 1.00 e. The predicted octanol–water partition coefficient (Wildman–Crippen LogP) is -7.04. The minimum Gasteiger partial charge on any atom is -0.369 e. The number of nitrogens with two attached hydrogens (primary N) is 1. The molecule has 2 heterocycles. The summed E-state index contributed by atoms with van der Waals surface area (Å²) in [4.78, 5) is 39.1. The molecule has 11 nitrogen and oxygen atoms in total. The first-order valence-electron chi connectivity index (χ1n) is 5.23. The number of imidazole rings is 1. The van der Waals surface area contributed by atoms with Crippen molar-refractivity contribution in [3.05, 3.63) is 16.7 Å². The van der Waals surface area contributed by atoms with Crippen molar-refractivity contribution in [1.29, 1.82) is 0 Å². The van der Waals surface area contributed by atoms with Gasteiger partial charge in [0.05, 0.1) is 0 Å². The Labute approximate surface area is 168 Å². The van der Waals surface area contributed by atoms with Crippen molar-refractivity contribution in [2.75, 3.05) is 19.2 Å². The third kappa shape index (κ3) is 5.39. The van der Waals surface area contributed by atoms with Crippen LogP contribution in [-0.2, 0) is 14.0 Å². The molecule has 110 valence electrons. The Bertz CT molecular complexity index is 729. The van der Waals surface area contributed by atoms with E-state index >= 15 is 0 Å². The smallest absolute Gasteiger partial charge is 0.369 e. The molecule has 22 heavy (non-hydrogen) atoms. The van der Waals surface area contributed by atoms with Crippen LogP contribution < -0.4 is 70.4 Å². The largest absolute Gasteiger partial charge is 1.00 e. The summed E-state index contributed by atoms with van der Waals surface area (Å²) in [5.74, 6) is -0.130. The van der Waals surface area contributed by atoms with Crippen molar-refractivity contribution in [3.63, 3.8) is 0 Å². The Morgan fingerprint density at radius 2 is 2.14 bits per heavy atom. The molecule has 0 aliphatic carbocycles. The van der Waals surface area contributed by atoms with E-state index in [0.29, 0.717) is 0 Å². The first-order chi connectivity index (χ1) is 9.31. The molecule has 0 bridgehead atoms. The van der Waals surface area contributed by atoms with E-state index in [4.69, 9.17) is 25.0 Å². The predicted molar refractivity (Wildman–Crippen MR) is 66.6 cm³/mol. The number of aromatic nitrogens is 4. The third-order valence-electron chi connectivity index (χ3n) is 2.26. The fourth-order valence-corrected chi connectivity index (χ4v) is 1.84. The summed E-state index contributed by atoms with van der Waals surface area (Å²) in [5.41, 5.74) is 4.95. The first kappa shape index (κ1) is 22.2. The Balaban J connectivity index is 0.00000220. The van der Waals surface area contributed by atoms with Gasteiger partial charge in [-0.05, 0) is 0 Å². The van der Waals surface area contributed by atoms with Crippen LogP contribution in [0.4, 0.5) is 5.95 Å². The zero-order valence-electron chi connectivity index (χ0n) is 12.3. The minimum absolute atomic E-state index is 0. The molecule has 0 radical (unpaired) electrons. The molecule has 0 spiro atoms. The van der Waals surface area contributed by atoms with E-state index < -0.39 is 25.9 Å². The van der Waals surface area contributed by atoms with Gasteiger partial charge in [0.25, 0.3) is 5.56 Å². The van der Waals surface area contributed by atoms with Gasteiger partial charge in [0.2, 0.25) is 12.4 Å². The second kappa shape index (κ2) is 8.90. The van der Waals surface area contributed by atoms with E-state index in [1.165, 1.54) is 18.0 Å². The van der Waals surface area contributed by atoms with Crippen LogP contribution in [-0.4, -0.2) is 42.8 Å². The molecular formula is C8H12N5Na2O6P+2. The van der Waals surface area contributed by atoms with Gasteiger partial charge in [0.1, 0.15) is 6.33 Å². The number of nitrogen functional groups attached to an aromatic ring is 1. The second-order valence-electron chi connectivity index (χ2n) is 3.78. The number of aromatic amines is 1. The van der Waals surface area contributed by atoms with Crippen LogP contribution in [0.5, 0.6) is 0 Å². The van der Waals surface area contributed by atoms with E-state index in [0.717, 1.165) is 0 Å². The summed E-state index contributed by atoms with van der Waals surface area (Å²) in [6.45, 7) is 0. The standard InChI is InChI=1S/C8H12N5O6P.2Na/c1-18-8(19-3-20(15,16)17)13-2-10-4-5(13)11-7(9)12-6(4)14;;/h2,8H,3H2,1H3,(H2,15,16,17)(H3,9,11,12,14);;/q;2*+1. The fourth-order valence-electron chi connectivity index (χ4n) is 1.52. The number of methoxy groups -OCH3 is 1. The molecule has 5 N–H and O–H groups in total. The van der Waals surface area contributed by atoms with Crippen LogP contribution in [0, 0.1) is 0 Å². The fraction of sp³-hybridized carbons (Fsp3) is 0.375. The van der Waals surface area contributed by atoms with Crippen LogP contribution in [0.1, 0.15) is 6.41 Å². The van der Waals surface area contributed by atoms with Crippen LogP contribution >= 0.6 is 7.60 Å². The van der Waals surface area contributed by atoms with Gasteiger partial charge >= 0.3 is 66.7 Å². The maximum atomic E-state index is 11.6. The minimum atomic E-state index is -4.36. The van der Waals surface area contributed by atoms with Crippen molar-refractivity contribution in [1.82, 2.24) is 19.5 Å². The molecule has 2 rings (SSSR count). The number of nitrogens with one attached hydrogen (secondary N) is 1. The average Bonchev–Trinajstić information content (AvgIpc) is 2.73. The van der Waals surface area contributed by atoms with Gasteiger partial charge in [-0.2, -0.15) is 4.98 Å². The van der Waals surface area contributed by atoms with E-state index in [9.17, 15) is 9.36 Å². The summed E-state index contributed by atoms with van der Waals surface area (Å²) in [6, 6.07) is 0. The molecule has 14 heteroatoms. The van der Waals surface area contributed by atoms with Gasteiger partial charge in [0.15, 0.2) is 17.5 Å². The normalized spacial score (nSPS) is 12.5. The maximum absolute atomic E-state index is 11.6. The van der Waals surface area contributed by atoms with Gasteiger partial charge in [0, 0.05) is 7.11 Å². The van der Waals surface area contributed by atoms with E-state index in [-0.39, 0.29) is 76.2 Å². The quantitative estimate of drug-likeness (QED) is 0.233.